The van der Waals surface area contributed by atoms with E-state index in [1.807, 2.05) is 0 Å². The van der Waals surface area contributed by atoms with Crippen molar-refractivity contribution >= 4 is 35.0 Å². The summed E-state index contributed by atoms with van der Waals surface area (Å²) in [6.07, 6.45) is 2.52. The van der Waals surface area contributed by atoms with E-state index in [2.05, 4.69) is 5.32 Å². The van der Waals surface area contributed by atoms with Gasteiger partial charge in [0.05, 0.1) is 30.8 Å². The SMILES string of the molecule is COc1cc(C=CC(=O)Nc2cccc(Cl)c2)c([N+](=O)[O-])cc1OC. The number of halogens is 1. The molecule has 2 aromatic rings. The summed E-state index contributed by atoms with van der Waals surface area (Å²) >= 11 is 5.85. The van der Waals surface area contributed by atoms with E-state index in [1.54, 1.807) is 24.3 Å². The lowest BCUT2D eigenvalue weighted by Gasteiger charge is -2.08. The maximum absolute atomic E-state index is 12.0. The van der Waals surface area contributed by atoms with Crippen LogP contribution < -0.4 is 14.8 Å². The number of rotatable bonds is 6. The van der Waals surface area contributed by atoms with Gasteiger partial charge in [-0.1, -0.05) is 17.7 Å². The predicted molar refractivity (Wildman–Crippen MR) is 95.3 cm³/mol. The van der Waals surface area contributed by atoms with Crippen LogP contribution in [0.2, 0.25) is 5.02 Å². The second-order valence-electron chi connectivity index (χ2n) is 4.86. The van der Waals surface area contributed by atoms with Crippen LogP contribution >= 0.6 is 11.6 Å². The van der Waals surface area contributed by atoms with Crippen LogP contribution in [-0.2, 0) is 4.79 Å². The van der Waals surface area contributed by atoms with Crippen LogP contribution in [0, 0.1) is 10.1 Å². The molecule has 25 heavy (non-hydrogen) atoms. The van der Waals surface area contributed by atoms with Crippen LogP contribution in [0.3, 0.4) is 0 Å². The fourth-order valence-electron chi connectivity index (χ4n) is 2.09. The topological polar surface area (TPSA) is 90.7 Å². The third kappa shape index (κ3) is 4.71. The Bertz CT molecular complexity index is 836. The summed E-state index contributed by atoms with van der Waals surface area (Å²) in [5, 5.41) is 14.3. The molecule has 0 aliphatic rings. The summed E-state index contributed by atoms with van der Waals surface area (Å²) in [5.41, 5.74) is 0.525. The normalized spacial score (nSPS) is 10.5. The zero-order valence-corrected chi connectivity index (χ0v) is 14.2. The number of carbonyl (C=O) groups is 1. The van der Waals surface area contributed by atoms with E-state index in [1.165, 1.54) is 38.5 Å². The lowest BCUT2D eigenvalue weighted by molar-refractivity contribution is -0.385. The molecule has 8 heteroatoms. The number of hydrogen-bond acceptors (Lipinski definition) is 5. The van der Waals surface area contributed by atoms with Crippen LogP contribution in [0.4, 0.5) is 11.4 Å². The Morgan fingerprint density at radius 2 is 1.88 bits per heavy atom. The minimum atomic E-state index is -0.559. The Kier molecular flexibility index (Phi) is 5.97. The molecule has 0 radical (unpaired) electrons. The molecular weight excluding hydrogens is 348 g/mol. The quantitative estimate of drug-likeness (QED) is 0.478. The molecule has 0 unspecified atom stereocenters. The number of nitro benzene ring substituents is 1. The third-order valence-electron chi connectivity index (χ3n) is 3.24. The van der Waals surface area contributed by atoms with Gasteiger partial charge in [-0.05, 0) is 30.3 Å². The van der Waals surface area contributed by atoms with Gasteiger partial charge in [0.15, 0.2) is 11.5 Å². The smallest absolute Gasteiger partial charge is 0.280 e. The number of amides is 1. The number of benzene rings is 2. The molecule has 2 rings (SSSR count). The van der Waals surface area contributed by atoms with Gasteiger partial charge in [-0.15, -0.1) is 0 Å². The van der Waals surface area contributed by atoms with E-state index in [9.17, 15) is 14.9 Å². The highest BCUT2D eigenvalue weighted by atomic mass is 35.5. The molecule has 2 aromatic carbocycles. The van der Waals surface area contributed by atoms with Gasteiger partial charge in [-0.2, -0.15) is 0 Å². The summed E-state index contributed by atoms with van der Waals surface area (Å²) in [5.74, 6) is 0.101. The average Bonchev–Trinajstić information content (AvgIpc) is 2.59. The summed E-state index contributed by atoms with van der Waals surface area (Å²) in [6, 6.07) is 9.32. The first-order valence-electron chi connectivity index (χ1n) is 7.09. The molecule has 0 heterocycles. The van der Waals surface area contributed by atoms with Gasteiger partial charge in [-0.3, -0.25) is 14.9 Å². The molecule has 0 bridgehead atoms. The Hall–Kier alpha value is -3.06. The Morgan fingerprint density at radius 1 is 1.20 bits per heavy atom. The highest BCUT2D eigenvalue weighted by molar-refractivity contribution is 6.30. The van der Waals surface area contributed by atoms with Crippen molar-refractivity contribution in [1.29, 1.82) is 0 Å². The van der Waals surface area contributed by atoms with Crippen molar-refractivity contribution in [3.8, 4) is 11.5 Å². The minimum absolute atomic E-state index is 0.204. The molecule has 0 saturated heterocycles. The Labute approximate surface area is 149 Å². The predicted octanol–water partition coefficient (Wildman–Crippen LogP) is 3.92. The van der Waals surface area contributed by atoms with Crippen LogP contribution in [0.5, 0.6) is 11.5 Å². The zero-order valence-electron chi connectivity index (χ0n) is 13.5. The van der Waals surface area contributed by atoms with Gasteiger partial charge >= 0.3 is 0 Å². The first-order valence-corrected chi connectivity index (χ1v) is 7.47. The zero-order chi connectivity index (χ0) is 18.4. The van der Waals surface area contributed by atoms with Crippen LogP contribution in [0.1, 0.15) is 5.56 Å². The largest absolute Gasteiger partial charge is 0.493 e. The summed E-state index contributed by atoms with van der Waals surface area (Å²) < 4.78 is 10.2. The lowest BCUT2D eigenvalue weighted by Crippen LogP contribution is -2.07. The van der Waals surface area contributed by atoms with Crippen molar-refractivity contribution in [3.05, 3.63) is 63.2 Å². The highest BCUT2D eigenvalue weighted by Crippen LogP contribution is 2.35. The van der Waals surface area contributed by atoms with Crippen molar-refractivity contribution < 1.29 is 19.2 Å². The van der Waals surface area contributed by atoms with Gasteiger partial charge in [0.25, 0.3) is 5.69 Å². The first-order chi connectivity index (χ1) is 11.9. The maximum Gasteiger partial charge on any atom is 0.280 e. The number of ether oxygens (including phenoxy) is 2. The van der Waals surface area contributed by atoms with E-state index < -0.39 is 10.8 Å². The highest BCUT2D eigenvalue weighted by Gasteiger charge is 2.18. The van der Waals surface area contributed by atoms with Gasteiger partial charge in [0.1, 0.15) is 0 Å². The number of hydrogen-bond donors (Lipinski definition) is 1. The van der Waals surface area contributed by atoms with E-state index in [0.29, 0.717) is 16.5 Å². The van der Waals surface area contributed by atoms with Crippen LogP contribution in [-0.4, -0.2) is 25.1 Å². The van der Waals surface area contributed by atoms with Crippen molar-refractivity contribution in [1.82, 2.24) is 0 Å². The van der Waals surface area contributed by atoms with E-state index >= 15 is 0 Å². The molecule has 0 saturated carbocycles. The van der Waals surface area contributed by atoms with Crippen molar-refractivity contribution in [2.45, 2.75) is 0 Å². The molecule has 0 spiro atoms. The number of nitrogens with zero attached hydrogens (tertiary/aromatic N) is 1. The summed E-state index contributed by atoms with van der Waals surface area (Å²) in [6.45, 7) is 0. The minimum Gasteiger partial charge on any atom is -0.493 e. The molecular formula is C17H15ClN2O5. The van der Waals surface area contributed by atoms with Crippen molar-refractivity contribution in [2.24, 2.45) is 0 Å². The van der Waals surface area contributed by atoms with Gasteiger partial charge in [0, 0.05) is 16.8 Å². The number of carbonyl (C=O) groups excluding carboxylic acids is 1. The molecule has 0 atom stereocenters. The molecule has 1 amide bonds. The van der Waals surface area contributed by atoms with Gasteiger partial charge in [0.2, 0.25) is 5.91 Å². The van der Waals surface area contributed by atoms with E-state index in [-0.39, 0.29) is 17.0 Å². The molecule has 130 valence electrons. The van der Waals surface area contributed by atoms with E-state index in [4.69, 9.17) is 21.1 Å². The molecule has 0 aliphatic carbocycles. The second-order valence-corrected chi connectivity index (χ2v) is 5.29. The number of nitro groups is 1. The second kappa shape index (κ2) is 8.16. The summed E-state index contributed by atoms with van der Waals surface area (Å²) in [7, 11) is 2.80. The monoisotopic (exact) mass is 362 g/mol. The maximum atomic E-state index is 12.0. The summed E-state index contributed by atoms with van der Waals surface area (Å²) in [4.78, 5) is 22.7. The fourth-order valence-corrected chi connectivity index (χ4v) is 2.28. The van der Waals surface area contributed by atoms with Gasteiger partial charge < -0.3 is 14.8 Å². The molecule has 1 N–H and O–H groups in total. The van der Waals surface area contributed by atoms with E-state index in [0.717, 1.165) is 0 Å². The Balaban J connectivity index is 2.26. The van der Waals surface area contributed by atoms with Crippen LogP contribution in [0.15, 0.2) is 42.5 Å². The molecule has 0 aliphatic heterocycles. The first kappa shape index (κ1) is 18.3. The van der Waals surface area contributed by atoms with Gasteiger partial charge in [-0.25, -0.2) is 0 Å². The molecule has 7 nitrogen and oxygen atoms in total. The van der Waals surface area contributed by atoms with Crippen LogP contribution in [0.25, 0.3) is 6.08 Å². The van der Waals surface area contributed by atoms with Crippen molar-refractivity contribution in [2.75, 3.05) is 19.5 Å². The lowest BCUT2D eigenvalue weighted by atomic mass is 10.1. The molecule has 0 aromatic heterocycles. The number of nitrogens with one attached hydrogen (secondary N) is 1. The van der Waals surface area contributed by atoms with Crippen molar-refractivity contribution in [3.63, 3.8) is 0 Å². The number of anilines is 1. The fraction of sp³-hybridized carbons (Fsp3) is 0.118. The third-order valence-corrected chi connectivity index (χ3v) is 3.47. The Morgan fingerprint density at radius 3 is 2.48 bits per heavy atom. The number of methoxy groups -OCH3 is 2. The standard InChI is InChI=1S/C17H15ClN2O5/c1-24-15-8-11(14(20(22)23)10-16(15)25-2)6-7-17(21)19-13-5-3-4-12(18)9-13/h3-10H,1-2H3,(H,19,21). The average molecular weight is 363 g/mol. The molecule has 0 fully saturated rings.